The molecule has 6 heteroatoms. The first-order chi connectivity index (χ1) is 8.56. The van der Waals surface area contributed by atoms with Crippen molar-refractivity contribution in [3.05, 3.63) is 52.1 Å². The van der Waals surface area contributed by atoms with E-state index in [1.807, 2.05) is 0 Å². The van der Waals surface area contributed by atoms with Gasteiger partial charge in [-0.05, 0) is 25.1 Å². The van der Waals surface area contributed by atoms with Gasteiger partial charge >= 0.3 is 0 Å². The maximum Gasteiger partial charge on any atom is 0.272 e. The summed E-state index contributed by atoms with van der Waals surface area (Å²) in [4.78, 5) is 14.2. The van der Waals surface area contributed by atoms with Gasteiger partial charge in [0.1, 0.15) is 11.6 Å². The zero-order valence-corrected chi connectivity index (χ0v) is 9.66. The minimum absolute atomic E-state index is 0.0582. The van der Waals surface area contributed by atoms with Gasteiger partial charge in [0.05, 0.1) is 4.92 Å². The number of benzene rings is 1. The monoisotopic (exact) mass is 245 g/mol. The van der Waals surface area contributed by atoms with Crippen molar-refractivity contribution in [3.8, 4) is 11.6 Å². The second-order valence-corrected chi connectivity index (χ2v) is 3.71. The Labute approximate surface area is 103 Å². The number of nitrogens with zero attached hydrogens (tertiary/aromatic N) is 2. The lowest BCUT2D eigenvalue weighted by Gasteiger charge is -2.06. The first-order valence-electron chi connectivity index (χ1n) is 5.21. The number of nitro benzene ring substituents is 1. The van der Waals surface area contributed by atoms with Crippen LogP contribution < -0.4 is 10.5 Å². The Morgan fingerprint density at radius 2 is 2.11 bits per heavy atom. The van der Waals surface area contributed by atoms with Crippen LogP contribution in [0.2, 0.25) is 0 Å². The molecule has 2 aromatic rings. The first kappa shape index (κ1) is 11.8. The van der Waals surface area contributed by atoms with Gasteiger partial charge in [-0.15, -0.1) is 0 Å². The second-order valence-electron chi connectivity index (χ2n) is 3.71. The van der Waals surface area contributed by atoms with Crippen molar-refractivity contribution < 1.29 is 9.66 Å². The quantitative estimate of drug-likeness (QED) is 0.663. The van der Waals surface area contributed by atoms with Crippen LogP contribution in [0.3, 0.4) is 0 Å². The van der Waals surface area contributed by atoms with Crippen LogP contribution in [0, 0.1) is 17.0 Å². The van der Waals surface area contributed by atoms with Crippen molar-refractivity contribution in [2.24, 2.45) is 0 Å². The van der Waals surface area contributed by atoms with E-state index in [1.54, 1.807) is 31.2 Å². The first-order valence-corrected chi connectivity index (χ1v) is 5.21. The Morgan fingerprint density at radius 3 is 2.72 bits per heavy atom. The number of rotatable bonds is 3. The number of hydrogen-bond acceptors (Lipinski definition) is 5. The highest BCUT2D eigenvalue weighted by atomic mass is 16.6. The maximum atomic E-state index is 10.7. The number of nitrogen functional groups attached to an aromatic ring is 1. The predicted octanol–water partition coefficient (Wildman–Crippen LogP) is 2.67. The number of ether oxygens (including phenoxy) is 1. The Balaban J connectivity index is 2.25. The lowest BCUT2D eigenvalue weighted by Crippen LogP contribution is -1.95. The van der Waals surface area contributed by atoms with Crippen LogP contribution >= 0.6 is 0 Å². The summed E-state index contributed by atoms with van der Waals surface area (Å²) >= 11 is 0. The van der Waals surface area contributed by atoms with Crippen molar-refractivity contribution in [3.63, 3.8) is 0 Å². The molecule has 0 aliphatic carbocycles. The van der Waals surface area contributed by atoms with Gasteiger partial charge < -0.3 is 10.5 Å². The molecule has 1 heterocycles. The molecule has 0 aliphatic rings. The smallest absolute Gasteiger partial charge is 0.272 e. The normalized spacial score (nSPS) is 10.1. The zero-order chi connectivity index (χ0) is 13.1. The molecule has 0 bridgehead atoms. The molecule has 0 saturated heterocycles. The Bertz CT molecular complexity index is 599. The van der Waals surface area contributed by atoms with Crippen molar-refractivity contribution >= 4 is 11.5 Å². The van der Waals surface area contributed by atoms with Crippen molar-refractivity contribution in [2.75, 3.05) is 5.73 Å². The average molecular weight is 245 g/mol. The van der Waals surface area contributed by atoms with E-state index in [0.717, 1.165) is 0 Å². The molecular formula is C12H11N3O3. The maximum absolute atomic E-state index is 10.7. The Hall–Kier alpha value is -2.63. The largest absolute Gasteiger partial charge is 0.439 e. The minimum atomic E-state index is -0.433. The van der Waals surface area contributed by atoms with E-state index in [9.17, 15) is 10.1 Å². The third kappa shape index (κ3) is 2.54. The SMILES string of the molecule is Cc1cc(Oc2cccc(N)n2)ccc1[N+](=O)[O-]. The molecule has 1 aromatic heterocycles. The highest BCUT2D eigenvalue weighted by molar-refractivity contribution is 5.45. The van der Waals surface area contributed by atoms with Gasteiger partial charge in [-0.25, -0.2) is 0 Å². The number of pyridine rings is 1. The standard InChI is InChI=1S/C12H11N3O3/c1-8-7-9(5-6-10(8)15(16)17)18-12-4-2-3-11(13)14-12/h2-7H,1H3,(H2,13,14). The summed E-state index contributed by atoms with van der Waals surface area (Å²) < 4.78 is 5.46. The van der Waals surface area contributed by atoms with Crippen LogP contribution in [-0.4, -0.2) is 9.91 Å². The van der Waals surface area contributed by atoms with Gasteiger partial charge in [0.25, 0.3) is 5.69 Å². The van der Waals surface area contributed by atoms with Crippen molar-refractivity contribution in [2.45, 2.75) is 6.92 Å². The second kappa shape index (κ2) is 4.70. The number of aromatic nitrogens is 1. The highest BCUT2D eigenvalue weighted by Gasteiger charge is 2.11. The lowest BCUT2D eigenvalue weighted by atomic mass is 10.2. The summed E-state index contributed by atoms with van der Waals surface area (Å²) in [5.41, 5.74) is 6.11. The summed E-state index contributed by atoms with van der Waals surface area (Å²) in [5.74, 6) is 1.19. The lowest BCUT2D eigenvalue weighted by molar-refractivity contribution is -0.385. The molecule has 92 valence electrons. The molecule has 0 radical (unpaired) electrons. The summed E-state index contributed by atoms with van der Waals surface area (Å²) in [6.07, 6.45) is 0. The molecule has 0 fully saturated rings. The van der Waals surface area contributed by atoms with Gasteiger partial charge in [0.2, 0.25) is 5.88 Å². The molecule has 0 unspecified atom stereocenters. The van der Waals surface area contributed by atoms with Crippen molar-refractivity contribution in [1.29, 1.82) is 0 Å². The molecular weight excluding hydrogens is 234 g/mol. The van der Waals surface area contributed by atoms with Crippen LogP contribution in [0.1, 0.15) is 5.56 Å². The highest BCUT2D eigenvalue weighted by Crippen LogP contribution is 2.26. The molecule has 0 amide bonds. The number of nitrogens with two attached hydrogens (primary N) is 1. The van der Waals surface area contributed by atoms with E-state index in [0.29, 0.717) is 23.0 Å². The molecule has 2 rings (SSSR count). The van der Waals surface area contributed by atoms with E-state index < -0.39 is 4.92 Å². The molecule has 2 N–H and O–H groups in total. The summed E-state index contributed by atoms with van der Waals surface area (Å²) in [7, 11) is 0. The zero-order valence-electron chi connectivity index (χ0n) is 9.66. The van der Waals surface area contributed by atoms with Gasteiger partial charge in [-0.1, -0.05) is 6.07 Å². The average Bonchev–Trinajstić information content (AvgIpc) is 2.28. The number of anilines is 1. The van der Waals surface area contributed by atoms with Crippen LogP contribution in [0.15, 0.2) is 36.4 Å². The van der Waals surface area contributed by atoms with E-state index in [2.05, 4.69) is 4.98 Å². The van der Waals surface area contributed by atoms with Gasteiger partial charge in [-0.3, -0.25) is 10.1 Å². The van der Waals surface area contributed by atoms with Crippen LogP contribution in [0.4, 0.5) is 11.5 Å². The van der Waals surface area contributed by atoms with Crippen LogP contribution in [0.25, 0.3) is 0 Å². The third-order valence-corrected chi connectivity index (χ3v) is 2.33. The van der Waals surface area contributed by atoms with E-state index in [4.69, 9.17) is 10.5 Å². The van der Waals surface area contributed by atoms with E-state index >= 15 is 0 Å². The number of aryl methyl sites for hydroxylation is 1. The molecule has 0 atom stereocenters. The summed E-state index contributed by atoms with van der Waals surface area (Å²) in [5, 5.41) is 10.7. The summed E-state index contributed by atoms with van der Waals surface area (Å²) in [6, 6.07) is 9.53. The van der Waals surface area contributed by atoms with E-state index in [1.165, 1.54) is 12.1 Å². The molecule has 0 aliphatic heterocycles. The Morgan fingerprint density at radius 1 is 1.33 bits per heavy atom. The number of hydrogen-bond donors (Lipinski definition) is 1. The van der Waals surface area contributed by atoms with Gasteiger partial charge in [0, 0.05) is 17.7 Å². The fourth-order valence-corrected chi connectivity index (χ4v) is 1.50. The van der Waals surface area contributed by atoms with Gasteiger partial charge in [-0.2, -0.15) is 4.98 Å². The summed E-state index contributed by atoms with van der Waals surface area (Å²) in [6.45, 7) is 1.65. The fraction of sp³-hybridized carbons (Fsp3) is 0.0833. The molecule has 18 heavy (non-hydrogen) atoms. The predicted molar refractivity (Wildman–Crippen MR) is 66.6 cm³/mol. The van der Waals surface area contributed by atoms with Gasteiger partial charge in [0.15, 0.2) is 0 Å². The van der Waals surface area contributed by atoms with Crippen LogP contribution in [-0.2, 0) is 0 Å². The fourth-order valence-electron chi connectivity index (χ4n) is 1.50. The van der Waals surface area contributed by atoms with Crippen molar-refractivity contribution in [1.82, 2.24) is 4.98 Å². The topological polar surface area (TPSA) is 91.3 Å². The molecule has 1 aromatic carbocycles. The molecule has 0 spiro atoms. The minimum Gasteiger partial charge on any atom is -0.439 e. The number of nitro groups is 1. The molecule has 0 saturated carbocycles. The third-order valence-electron chi connectivity index (χ3n) is 2.33. The molecule has 6 nitrogen and oxygen atoms in total. The van der Waals surface area contributed by atoms with E-state index in [-0.39, 0.29) is 5.69 Å². The Kier molecular flexibility index (Phi) is 3.09. The van der Waals surface area contributed by atoms with Crippen LogP contribution in [0.5, 0.6) is 11.6 Å².